The van der Waals surface area contributed by atoms with Crippen molar-refractivity contribution in [3.05, 3.63) is 35.4 Å². The molecule has 0 amide bonds. The van der Waals surface area contributed by atoms with E-state index in [2.05, 4.69) is 19.1 Å². The van der Waals surface area contributed by atoms with Gasteiger partial charge in [-0.3, -0.25) is 0 Å². The lowest BCUT2D eigenvalue weighted by Crippen LogP contribution is -2.18. The molecule has 0 spiro atoms. The molecular formula is C14H23NO. The summed E-state index contributed by atoms with van der Waals surface area (Å²) >= 11 is 0. The Morgan fingerprint density at radius 3 is 2.31 bits per heavy atom. The maximum absolute atomic E-state index is 10.2. The van der Waals surface area contributed by atoms with E-state index in [4.69, 9.17) is 5.73 Å². The van der Waals surface area contributed by atoms with Crippen LogP contribution in [0.25, 0.3) is 0 Å². The third-order valence-electron chi connectivity index (χ3n) is 2.97. The summed E-state index contributed by atoms with van der Waals surface area (Å²) in [6, 6.07) is 8.10. The van der Waals surface area contributed by atoms with Crippen molar-refractivity contribution in [1.29, 1.82) is 0 Å². The lowest BCUT2D eigenvalue weighted by atomic mass is 9.83. The van der Waals surface area contributed by atoms with E-state index in [0.29, 0.717) is 12.5 Å². The summed E-state index contributed by atoms with van der Waals surface area (Å²) < 4.78 is 0. The number of rotatable bonds is 3. The predicted molar refractivity (Wildman–Crippen MR) is 68.3 cm³/mol. The van der Waals surface area contributed by atoms with E-state index in [0.717, 1.165) is 5.56 Å². The lowest BCUT2D eigenvalue weighted by molar-refractivity contribution is 0.0626. The van der Waals surface area contributed by atoms with E-state index in [1.54, 1.807) is 0 Å². The first kappa shape index (κ1) is 13.2. The molecule has 2 unspecified atom stereocenters. The van der Waals surface area contributed by atoms with Crippen LogP contribution in [0.2, 0.25) is 0 Å². The Bertz CT molecular complexity index is 341. The zero-order valence-corrected chi connectivity index (χ0v) is 10.7. The first-order chi connectivity index (χ1) is 7.36. The highest BCUT2D eigenvalue weighted by Crippen LogP contribution is 2.33. The van der Waals surface area contributed by atoms with Crippen molar-refractivity contribution in [3.63, 3.8) is 0 Å². The molecular weight excluding hydrogens is 198 g/mol. The second-order valence-electron chi connectivity index (χ2n) is 5.58. The van der Waals surface area contributed by atoms with Gasteiger partial charge in [0.25, 0.3) is 0 Å². The minimum atomic E-state index is -0.433. The van der Waals surface area contributed by atoms with E-state index < -0.39 is 6.10 Å². The fourth-order valence-corrected chi connectivity index (χ4v) is 1.67. The Hall–Kier alpha value is -0.860. The van der Waals surface area contributed by atoms with E-state index >= 15 is 0 Å². The summed E-state index contributed by atoms with van der Waals surface area (Å²) in [6.07, 6.45) is -0.433. The van der Waals surface area contributed by atoms with Crippen LogP contribution in [-0.4, -0.2) is 11.7 Å². The summed E-state index contributed by atoms with van der Waals surface area (Å²) in [5.41, 5.74) is 7.69. The predicted octanol–water partition coefficient (Wildman–Crippen LogP) is 2.83. The van der Waals surface area contributed by atoms with Crippen molar-refractivity contribution in [2.24, 2.45) is 11.1 Å². The second kappa shape index (κ2) is 4.98. The number of aliphatic hydroxyl groups is 1. The molecule has 0 radical (unpaired) electrons. The molecule has 0 bridgehead atoms. The van der Waals surface area contributed by atoms with Crippen LogP contribution in [0.4, 0.5) is 0 Å². The zero-order chi connectivity index (χ0) is 12.3. The Morgan fingerprint density at radius 1 is 1.25 bits per heavy atom. The van der Waals surface area contributed by atoms with Crippen molar-refractivity contribution in [2.75, 3.05) is 6.54 Å². The molecule has 0 saturated carbocycles. The van der Waals surface area contributed by atoms with Crippen molar-refractivity contribution in [2.45, 2.75) is 39.7 Å². The molecule has 2 heteroatoms. The highest BCUT2D eigenvalue weighted by molar-refractivity contribution is 5.28. The van der Waals surface area contributed by atoms with Crippen molar-refractivity contribution in [1.82, 2.24) is 0 Å². The average Bonchev–Trinajstić information content (AvgIpc) is 2.26. The van der Waals surface area contributed by atoms with Gasteiger partial charge in [-0.2, -0.15) is 0 Å². The van der Waals surface area contributed by atoms with Gasteiger partial charge in [0, 0.05) is 0 Å². The van der Waals surface area contributed by atoms with Crippen LogP contribution in [0.15, 0.2) is 24.3 Å². The molecule has 0 aliphatic heterocycles. The summed E-state index contributed by atoms with van der Waals surface area (Å²) in [4.78, 5) is 0. The third kappa shape index (κ3) is 3.06. The van der Waals surface area contributed by atoms with Crippen molar-refractivity contribution in [3.8, 4) is 0 Å². The molecule has 3 N–H and O–H groups in total. The Morgan fingerprint density at radius 2 is 1.81 bits per heavy atom. The van der Waals surface area contributed by atoms with Crippen LogP contribution in [0.3, 0.4) is 0 Å². The van der Waals surface area contributed by atoms with Gasteiger partial charge in [0.1, 0.15) is 0 Å². The van der Waals surface area contributed by atoms with Crippen LogP contribution in [-0.2, 0) is 0 Å². The van der Waals surface area contributed by atoms with Gasteiger partial charge in [-0.05, 0) is 29.0 Å². The van der Waals surface area contributed by atoms with Gasteiger partial charge in [-0.25, -0.2) is 0 Å². The lowest BCUT2D eigenvalue weighted by Gasteiger charge is -2.26. The number of nitrogens with two attached hydrogens (primary N) is 1. The molecule has 1 aromatic rings. The zero-order valence-electron chi connectivity index (χ0n) is 10.7. The first-order valence-corrected chi connectivity index (χ1v) is 5.84. The summed E-state index contributed by atoms with van der Waals surface area (Å²) in [5.74, 6) is 0.340. The number of aliphatic hydroxyl groups excluding tert-OH is 1. The van der Waals surface area contributed by atoms with E-state index in [1.807, 2.05) is 32.9 Å². The highest BCUT2D eigenvalue weighted by atomic mass is 16.3. The van der Waals surface area contributed by atoms with Crippen LogP contribution in [0.1, 0.15) is 50.8 Å². The largest absolute Gasteiger partial charge is 0.388 e. The molecule has 2 atom stereocenters. The fraction of sp³-hybridized carbons (Fsp3) is 0.571. The van der Waals surface area contributed by atoms with Gasteiger partial charge < -0.3 is 10.8 Å². The topological polar surface area (TPSA) is 46.2 Å². The molecule has 1 rings (SSSR count). The van der Waals surface area contributed by atoms with E-state index in [-0.39, 0.29) is 5.41 Å². The Kier molecular flexibility index (Phi) is 4.11. The van der Waals surface area contributed by atoms with Crippen molar-refractivity contribution >= 4 is 0 Å². The quantitative estimate of drug-likeness (QED) is 0.824. The smallest absolute Gasteiger partial charge is 0.0838 e. The Labute approximate surface area is 98.5 Å². The monoisotopic (exact) mass is 221 g/mol. The summed E-state index contributed by atoms with van der Waals surface area (Å²) in [5, 5.41) is 10.2. The van der Waals surface area contributed by atoms with Crippen LogP contribution < -0.4 is 5.73 Å². The van der Waals surface area contributed by atoms with Gasteiger partial charge in [0.05, 0.1) is 6.10 Å². The van der Waals surface area contributed by atoms with Gasteiger partial charge in [0.2, 0.25) is 0 Å². The third-order valence-corrected chi connectivity index (χ3v) is 2.97. The maximum atomic E-state index is 10.2. The molecule has 90 valence electrons. The standard InChI is InChI=1S/C14H23NO/c1-10(9-15)11-6-5-7-12(8-11)13(16)14(2,3)4/h5-8,10,13,16H,9,15H2,1-4H3. The molecule has 0 aliphatic carbocycles. The highest BCUT2D eigenvalue weighted by Gasteiger charge is 2.24. The van der Waals surface area contributed by atoms with Crippen molar-refractivity contribution < 1.29 is 5.11 Å². The maximum Gasteiger partial charge on any atom is 0.0838 e. The molecule has 0 heterocycles. The second-order valence-corrected chi connectivity index (χ2v) is 5.58. The van der Waals surface area contributed by atoms with Gasteiger partial charge >= 0.3 is 0 Å². The molecule has 16 heavy (non-hydrogen) atoms. The SMILES string of the molecule is CC(CN)c1cccc(C(O)C(C)(C)C)c1. The number of benzene rings is 1. The molecule has 0 saturated heterocycles. The molecule has 2 nitrogen and oxygen atoms in total. The van der Waals surface area contributed by atoms with Crippen LogP contribution >= 0.6 is 0 Å². The van der Waals surface area contributed by atoms with E-state index in [9.17, 15) is 5.11 Å². The minimum Gasteiger partial charge on any atom is -0.388 e. The minimum absolute atomic E-state index is 0.134. The first-order valence-electron chi connectivity index (χ1n) is 5.84. The van der Waals surface area contributed by atoms with Crippen LogP contribution in [0.5, 0.6) is 0 Å². The van der Waals surface area contributed by atoms with E-state index in [1.165, 1.54) is 5.56 Å². The number of hydrogen-bond donors (Lipinski definition) is 2. The summed E-state index contributed by atoms with van der Waals surface area (Å²) in [6.45, 7) is 8.85. The van der Waals surface area contributed by atoms with Gasteiger partial charge in [0.15, 0.2) is 0 Å². The molecule has 0 aromatic heterocycles. The molecule has 0 fully saturated rings. The normalized spacial score (nSPS) is 15.9. The van der Waals surface area contributed by atoms with Gasteiger partial charge in [-0.15, -0.1) is 0 Å². The Balaban J connectivity index is 2.99. The molecule has 1 aromatic carbocycles. The molecule has 0 aliphatic rings. The average molecular weight is 221 g/mol. The fourth-order valence-electron chi connectivity index (χ4n) is 1.67. The van der Waals surface area contributed by atoms with Crippen LogP contribution in [0, 0.1) is 5.41 Å². The number of hydrogen-bond acceptors (Lipinski definition) is 2. The summed E-state index contributed by atoms with van der Waals surface area (Å²) in [7, 11) is 0. The van der Waals surface area contributed by atoms with Gasteiger partial charge in [-0.1, -0.05) is 52.0 Å².